The highest BCUT2D eigenvalue weighted by Gasteiger charge is 2.61. The molecule has 30 heavy (non-hydrogen) atoms. The van der Waals surface area contributed by atoms with Crippen LogP contribution < -0.4 is 10.1 Å². The minimum absolute atomic E-state index is 0.0175. The molecule has 1 aromatic carbocycles. The molecule has 0 saturated carbocycles. The van der Waals surface area contributed by atoms with Crippen LogP contribution in [0.2, 0.25) is 0 Å². The lowest BCUT2D eigenvalue weighted by Crippen LogP contribution is -2.64. The Kier molecular flexibility index (Phi) is 5.13. The van der Waals surface area contributed by atoms with Crippen LogP contribution >= 0.6 is 0 Å². The largest absolute Gasteiger partial charge is 0.504 e. The molecule has 8 heteroatoms. The molecule has 3 aliphatic rings. The van der Waals surface area contributed by atoms with Crippen molar-refractivity contribution in [3.05, 3.63) is 34.6 Å². The minimum Gasteiger partial charge on any atom is -0.504 e. The van der Waals surface area contributed by atoms with Crippen molar-refractivity contribution >= 4 is 11.9 Å². The maximum Gasteiger partial charge on any atom is 0.303 e. The normalized spacial score (nSPS) is 29.4. The molecular weight excluding hydrogens is 390 g/mol. The Morgan fingerprint density at radius 3 is 2.47 bits per heavy atom. The summed E-state index contributed by atoms with van der Waals surface area (Å²) in [5, 5.41) is 14.7. The first kappa shape index (κ1) is 20.5. The number of esters is 2. The first-order valence-electron chi connectivity index (χ1n) is 10.1. The Bertz CT molecular complexity index is 924. The fourth-order valence-corrected chi connectivity index (χ4v) is 5.55. The molecule has 2 N–H and O–H groups in total. The van der Waals surface area contributed by atoms with Crippen LogP contribution in [0.4, 0.5) is 0 Å². The van der Waals surface area contributed by atoms with Gasteiger partial charge in [-0.3, -0.25) is 9.59 Å². The number of fused-ring (bicyclic) bond motifs is 1. The van der Waals surface area contributed by atoms with Crippen molar-refractivity contribution in [3.8, 4) is 11.5 Å². The van der Waals surface area contributed by atoms with Gasteiger partial charge in [0.25, 0.3) is 0 Å². The molecule has 2 bridgehead atoms. The summed E-state index contributed by atoms with van der Waals surface area (Å²) in [5.74, 6) is 0.105. The summed E-state index contributed by atoms with van der Waals surface area (Å²) in [4.78, 5) is 24.0. The van der Waals surface area contributed by atoms with E-state index in [0.29, 0.717) is 42.9 Å². The summed E-state index contributed by atoms with van der Waals surface area (Å²) in [6.45, 7) is 3.31. The van der Waals surface area contributed by atoms with Gasteiger partial charge in [-0.25, -0.2) is 0 Å². The van der Waals surface area contributed by atoms with E-state index in [1.54, 1.807) is 13.2 Å². The Hall–Kier alpha value is -2.74. The molecule has 0 aromatic heterocycles. The summed E-state index contributed by atoms with van der Waals surface area (Å²) in [6, 6.07) is 3.63. The molecule has 4 rings (SSSR count). The molecular formula is C22H27NO7. The second-order valence-electron chi connectivity index (χ2n) is 8.01. The van der Waals surface area contributed by atoms with Gasteiger partial charge in [-0.15, -0.1) is 0 Å². The monoisotopic (exact) mass is 417 g/mol. The van der Waals surface area contributed by atoms with Crippen molar-refractivity contribution in [3.63, 3.8) is 0 Å². The topological polar surface area (TPSA) is 103 Å². The number of carbonyl (C=O) groups is 2. The Balaban J connectivity index is 2.04. The summed E-state index contributed by atoms with van der Waals surface area (Å²) in [5.41, 5.74) is 1.65. The lowest BCUT2D eigenvalue weighted by atomic mass is 9.54. The molecule has 162 valence electrons. The predicted octanol–water partition coefficient (Wildman–Crippen LogP) is 1.72. The van der Waals surface area contributed by atoms with E-state index in [4.69, 9.17) is 18.9 Å². The Morgan fingerprint density at radius 1 is 1.10 bits per heavy atom. The van der Waals surface area contributed by atoms with E-state index in [0.717, 1.165) is 11.1 Å². The van der Waals surface area contributed by atoms with Gasteiger partial charge in [0.15, 0.2) is 17.6 Å². The smallest absolute Gasteiger partial charge is 0.303 e. The number of phenols is 1. The van der Waals surface area contributed by atoms with Gasteiger partial charge in [0.2, 0.25) is 0 Å². The van der Waals surface area contributed by atoms with Gasteiger partial charge in [-0.1, -0.05) is 6.07 Å². The lowest BCUT2D eigenvalue weighted by Gasteiger charge is -2.56. The van der Waals surface area contributed by atoms with E-state index in [1.807, 2.05) is 6.07 Å². The summed E-state index contributed by atoms with van der Waals surface area (Å²) >= 11 is 0. The fraction of sp³-hybridized carbons (Fsp3) is 0.545. The second kappa shape index (κ2) is 7.50. The van der Waals surface area contributed by atoms with Crippen LogP contribution in [0.1, 0.15) is 37.8 Å². The molecule has 1 aliphatic heterocycles. The standard InChI is InChI=1S/C22H27NO7/c1-11(24)29-17-10-16(28-4)19-14-9-13-5-6-15(27-3)20(26)18(13)22(19,7-8-23-14)21(17)30-12(2)25/h5-6,14,17,21,23,26H,7-10H2,1-4H3/t14-,17+,21-,22-/m0/s1. The van der Waals surface area contributed by atoms with Crippen LogP contribution in [0.25, 0.3) is 0 Å². The second-order valence-corrected chi connectivity index (χ2v) is 8.01. The highest BCUT2D eigenvalue weighted by atomic mass is 16.6. The third-order valence-electron chi connectivity index (χ3n) is 6.42. The Morgan fingerprint density at radius 2 is 1.83 bits per heavy atom. The first-order chi connectivity index (χ1) is 14.3. The number of rotatable bonds is 4. The highest BCUT2D eigenvalue weighted by molar-refractivity contribution is 5.70. The number of ether oxygens (including phenoxy) is 4. The third kappa shape index (κ3) is 2.93. The predicted molar refractivity (Wildman–Crippen MR) is 106 cm³/mol. The van der Waals surface area contributed by atoms with Crippen molar-refractivity contribution < 1.29 is 33.6 Å². The van der Waals surface area contributed by atoms with E-state index in [-0.39, 0.29) is 11.8 Å². The molecule has 8 nitrogen and oxygen atoms in total. The van der Waals surface area contributed by atoms with Gasteiger partial charge in [-0.2, -0.15) is 0 Å². The SMILES string of the molecule is COC1=C2[C@@H]3Cc4ccc(OC)c(O)c4[C@]2(CCN3)[C@@H](OC(C)=O)[C@H](OC(C)=O)C1. The summed E-state index contributed by atoms with van der Waals surface area (Å²) in [6.07, 6.45) is -0.0461. The summed E-state index contributed by atoms with van der Waals surface area (Å²) in [7, 11) is 3.08. The number of aromatic hydroxyl groups is 1. The van der Waals surface area contributed by atoms with Crippen LogP contribution in [-0.4, -0.2) is 56.1 Å². The van der Waals surface area contributed by atoms with Crippen molar-refractivity contribution in [2.24, 2.45) is 0 Å². The van der Waals surface area contributed by atoms with Gasteiger partial charge in [-0.05, 0) is 36.6 Å². The van der Waals surface area contributed by atoms with Crippen LogP contribution in [0.5, 0.6) is 11.5 Å². The zero-order valence-corrected chi connectivity index (χ0v) is 17.6. The number of phenolic OH excluding ortho intramolecular Hbond substituents is 1. The van der Waals surface area contributed by atoms with Crippen molar-refractivity contribution in [2.75, 3.05) is 20.8 Å². The molecule has 1 saturated heterocycles. The van der Waals surface area contributed by atoms with Crippen LogP contribution in [0, 0.1) is 0 Å². The molecule has 4 atom stereocenters. The van der Waals surface area contributed by atoms with Crippen molar-refractivity contribution in [1.29, 1.82) is 0 Å². The average molecular weight is 417 g/mol. The number of hydrogen-bond donors (Lipinski definition) is 2. The first-order valence-corrected chi connectivity index (χ1v) is 10.1. The number of piperidine rings is 1. The van der Waals surface area contributed by atoms with E-state index < -0.39 is 29.6 Å². The molecule has 0 amide bonds. The van der Waals surface area contributed by atoms with E-state index in [9.17, 15) is 14.7 Å². The van der Waals surface area contributed by atoms with E-state index >= 15 is 0 Å². The van der Waals surface area contributed by atoms with Crippen LogP contribution in [0.15, 0.2) is 23.5 Å². The lowest BCUT2D eigenvalue weighted by molar-refractivity contribution is -0.174. The van der Waals surface area contributed by atoms with Crippen molar-refractivity contribution in [2.45, 2.75) is 56.8 Å². The van der Waals surface area contributed by atoms with Crippen molar-refractivity contribution in [1.82, 2.24) is 5.32 Å². The number of hydrogen-bond acceptors (Lipinski definition) is 8. The minimum atomic E-state index is -0.891. The summed E-state index contributed by atoms with van der Waals surface area (Å²) < 4.78 is 22.6. The van der Waals surface area contributed by atoms with Gasteiger partial charge in [0.05, 0.1) is 19.6 Å². The maximum atomic E-state index is 12.1. The average Bonchev–Trinajstić information content (AvgIpc) is 2.68. The van der Waals surface area contributed by atoms with Gasteiger partial charge < -0.3 is 29.4 Å². The number of benzene rings is 1. The number of nitrogens with one attached hydrogen (secondary N) is 1. The van der Waals surface area contributed by atoms with Crippen LogP contribution in [0.3, 0.4) is 0 Å². The van der Waals surface area contributed by atoms with E-state index in [1.165, 1.54) is 21.0 Å². The molecule has 2 aliphatic carbocycles. The van der Waals surface area contributed by atoms with Gasteiger partial charge in [0.1, 0.15) is 11.9 Å². The van der Waals surface area contributed by atoms with Crippen LogP contribution in [-0.2, 0) is 35.6 Å². The molecule has 1 heterocycles. The molecule has 1 aromatic rings. The number of methoxy groups -OCH3 is 2. The Labute approximate surface area is 175 Å². The third-order valence-corrected chi connectivity index (χ3v) is 6.42. The molecule has 0 unspecified atom stereocenters. The zero-order chi connectivity index (χ0) is 21.6. The van der Waals surface area contributed by atoms with Gasteiger partial charge >= 0.3 is 11.9 Å². The number of carbonyl (C=O) groups excluding carboxylic acids is 2. The van der Waals surface area contributed by atoms with E-state index in [2.05, 4.69) is 5.32 Å². The molecule has 0 spiro atoms. The highest BCUT2D eigenvalue weighted by Crippen LogP contribution is 2.58. The quantitative estimate of drug-likeness (QED) is 0.714. The maximum absolute atomic E-state index is 12.1. The molecule has 0 radical (unpaired) electrons. The van der Waals surface area contributed by atoms with Gasteiger partial charge in [0, 0.05) is 31.9 Å². The molecule has 1 fully saturated rings. The fourth-order valence-electron chi connectivity index (χ4n) is 5.55. The zero-order valence-electron chi connectivity index (χ0n) is 17.6.